The minimum Gasteiger partial charge on any atom is -0.493 e. The highest BCUT2D eigenvalue weighted by Gasteiger charge is 2.57. The molecular weight excluding hydrogens is 725 g/mol. The molecule has 3 heterocycles. The Bertz CT molecular complexity index is 2010. The number of hydrogen-bond donors (Lipinski definition) is 0. The van der Waals surface area contributed by atoms with Crippen LogP contribution in [0.5, 0.6) is 11.5 Å². The lowest BCUT2D eigenvalue weighted by Crippen LogP contribution is -2.75. The first kappa shape index (κ1) is 38.6. The zero-order valence-electron chi connectivity index (χ0n) is 30.1. The van der Waals surface area contributed by atoms with Crippen molar-refractivity contribution in [2.75, 3.05) is 32.2 Å². The smallest absolute Gasteiger partial charge is 0.491 e. The molecule has 17 heteroatoms. The third-order valence-corrected chi connectivity index (χ3v) is 9.70. The van der Waals surface area contributed by atoms with Crippen LogP contribution >= 0.6 is 0 Å². The predicted octanol–water partition coefficient (Wildman–Crippen LogP) is 5.40. The summed E-state index contributed by atoms with van der Waals surface area (Å²) >= 11 is 0. The first-order valence-electron chi connectivity index (χ1n) is 17.6. The highest BCUT2D eigenvalue weighted by molar-refractivity contribution is 6.05. The summed E-state index contributed by atoms with van der Waals surface area (Å²) in [6, 6.07) is 16.7. The quantitative estimate of drug-likeness (QED) is 0.0667. The second-order valence-electron chi connectivity index (χ2n) is 13.1. The number of aryl methyl sites for hydroxylation is 2. The number of imidazole rings is 1. The van der Waals surface area contributed by atoms with E-state index in [-0.39, 0.29) is 30.8 Å². The van der Waals surface area contributed by atoms with E-state index in [0.717, 1.165) is 21.4 Å². The van der Waals surface area contributed by atoms with Gasteiger partial charge in [0.25, 0.3) is 11.6 Å². The molecule has 1 fully saturated rings. The Morgan fingerprint density at radius 1 is 0.891 bits per heavy atom. The van der Waals surface area contributed by atoms with Crippen molar-refractivity contribution in [3.63, 3.8) is 0 Å². The Hall–Kier alpha value is -6.13. The topological polar surface area (TPSA) is 150 Å². The lowest BCUT2D eigenvalue weighted by molar-refractivity contribution is -0.384. The number of amides is 2. The highest BCUT2D eigenvalue weighted by Crippen LogP contribution is 2.41. The summed E-state index contributed by atoms with van der Waals surface area (Å²) in [4.78, 5) is 61.1. The van der Waals surface area contributed by atoms with Crippen LogP contribution in [0, 0.1) is 10.1 Å². The minimum atomic E-state index is -5.42. The van der Waals surface area contributed by atoms with Crippen molar-refractivity contribution in [1.82, 2.24) is 19.4 Å². The van der Waals surface area contributed by atoms with Gasteiger partial charge >= 0.3 is 12.1 Å². The predicted molar refractivity (Wildman–Crippen MR) is 191 cm³/mol. The van der Waals surface area contributed by atoms with E-state index in [2.05, 4.69) is 4.98 Å². The van der Waals surface area contributed by atoms with Crippen molar-refractivity contribution < 1.29 is 46.7 Å². The molecule has 1 aromatic heterocycles. The number of carbonyl (C=O) groups is 3. The molecule has 14 nitrogen and oxygen atoms in total. The molecule has 0 spiro atoms. The van der Waals surface area contributed by atoms with Gasteiger partial charge in [-0.05, 0) is 55.0 Å². The fourth-order valence-corrected chi connectivity index (χ4v) is 7.13. The Morgan fingerprint density at radius 2 is 1.64 bits per heavy atom. The van der Waals surface area contributed by atoms with E-state index in [9.17, 15) is 37.7 Å². The zero-order valence-corrected chi connectivity index (χ0v) is 30.1. The van der Waals surface area contributed by atoms with E-state index in [4.69, 9.17) is 14.2 Å². The minimum absolute atomic E-state index is 0.0800. The number of unbranched alkanes of at least 4 members (excludes halogenated alkanes) is 1. The van der Waals surface area contributed by atoms with Gasteiger partial charge in [-0.15, -0.1) is 0 Å². The highest BCUT2D eigenvalue weighted by atomic mass is 19.4. The zero-order chi connectivity index (χ0) is 39.3. The number of non-ortho nitro benzene ring substituents is 1. The van der Waals surface area contributed by atoms with Gasteiger partial charge in [-0.2, -0.15) is 13.2 Å². The van der Waals surface area contributed by atoms with Crippen LogP contribution in [-0.4, -0.2) is 94.0 Å². The molecule has 4 aromatic rings. The summed E-state index contributed by atoms with van der Waals surface area (Å²) in [6.45, 7) is 0.388. The van der Waals surface area contributed by atoms with Crippen LogP contribution < -0.4 is 14.4 Å². The molecule has 0 saturated carbocycles. The molecule has 0 radical (unpaired) electrons. The molecule has 2 amide bonds. The first-order chi connectivity index (χ1) is 26.4. The van der Waals surface area contributed by atoms with Crippen LogP contribution in [0.25, 0.3) is 0 Å². The molecule has 290 valence electrons. The number of benzene rings is 3. The average Bonchev–Trinajstić information content (AvgIpc) is 3.70. The monoisotopic (exact) mass is 764 g/mol. The van der Waals surface area contributed by atoms with Gasteiger partial charge in [0.05, 0.1) is 36.7 Å². The van der Waals surface area contributed by atoms with Crippen molar-refractivity contribution in [2.24, 2.45) is 0 Å². The van der Waals surface area contributed by atoms with Gasteiger partial charge in [-0.3, -0.25) is 19.7 Å². The molecule has 2 unspecified atom stereocenters. The largest absolute Gasteiger partial charge is 0.493 e. The summed E-state index contributed by atoms with van der Waals surface area (Å²) in [5, 5.41) is 11.9. The Labute approximate surface area is 314 Å². The molecular formula is C38H39F3N6O8. The van der Waals surface area contributed by atoms with Crippen LogP contribution in [0.2, 0.25) is 0 Å². The number of alkyl halides is 3. The number of nitrogens with zero attached hydrogens (tertiary/aromatic N) is 6. The molecule has 3 atom stereocenters. The van der Waals surface area contributed by atoms with Gasteiger partial charge in [0.2, 0.25) is 12.1 Å². The number of aromatic nitrogens is 2. The number of ether oxygens (including phenoxy) is 3. The SMILES string of the molecule is COc1ccc(C[C@H]2C(=O)N(CCCCc3ccccc3)C(OC(=O)C(F)(F)F)C3N(CCCn4ccnc4)c4ccc([N+](=O)[O-])cc4C(=O)N32)cc1OC. The first-order valence-corrected chi connectivity index (χ1v) is 17.6. The number of nitro benzene ring substituents is 1. The lowest BCUT2D eigenvalue weighted by Gasteiger charge is -2.56. The van der Waals surface area contributed by atoms with Gasteiger partial charge in [-0.25, -0.2) is 9.78 Å². The van der Waals surface area contributed by atoms with Crippen LogP contribution in [-0.2, 0) is 33.7 Å². The molecule has 55 heavy (non-hydrogen) atoms. The summed E-state index contributed by atoms with van der Waals surface area (Å²) in [5.41, 5.74) is 1.20. The lowest BCUT2D eigenvalue weighted by atomic mass is 9.93. The van der Waals surface area contributed by atoms with Crippen molar-refractivity contribution in [2.45, 2.75) is 63.3 Å². The van der Waals surface area contributed by atoms with E-state index >= 15 is 0 Å². The molecule has 0 bridgehead atoms. The number of carbonyl (C=O) groups excluding carboxylic acids is 3. The van der Waals surface area contributed by atoms with E-state index in [1.807, 2.05) is 30.3 Å². The van der Waals surface area contributed by atoms with Crippen LogP contribution in [0.1, 0.15) is 40.7 Å². The summed E-state index contributed by atoms with van der Waals surface area (Å²) < 4.78 is 59.8. The number of rotatable bonds is 15. The molecule has 6 rings (SSSR count). The number of nitro groups is 1. The number of hydrogen-bond acceptors (Lipinski definition) is 10. The fourth-order valence-electron chi connectivity index (χ4n) is 7.13. The molecule has 0 N–H and O–H groups in total. The summed E-state index contributed by atoms with van der Waals surface area (Å²) in [7, 11) is 2.88. The molecule has 0 aliphatic carbocycles. The van der Waals surface area contributed by atoms with E-state index < -0.39 is 53.0 Å². The van der Waals surface area contributed by atoms with Crippen molar-refractivity contribution in [3.8, 4) is 11.5 Å². The van der Waals surface area contributed by atoms with Crippen LogP contribution in [0.15, 0.2) is 85.5 Å². The van der Waals surface area contributed by atoms with E-state index in [1.54, 1.807) is 46.4 Å². The van der Waals surface area contributed by atoms with E-state index in [1.165, 1.54) is 26.4 Å². The maximum absolute atomic E-state index is 14.7. The third-order valence-electron chi connectivity index (χ3n) is 9.70. The number of halogens is 3. The van der Waals surface area contributed by atoms with Crippen molar-refractivity contribution in [1.29, 1.82) is 0 Å². The number of piperazine rings is 1. The Morgan fingerprint density at radius 3 is 2.31 bits per heavy atom. The van der Waals surface area contributed by atoms with Gasteiger partial charge in [-0.1, -0.05) is 36.4 Å². The molecule has 1 saturated heterocycles. The summed E-state index contributed by atoms with van der Waals surface area (Å²) in [5.74, 6) is -3.39. The average molecular weight is 765 g/mol. The number of methoxy groups -OCH3 is 2. The molecule has 2 aliphatic heterocycles. The fraction of sp³-hybridized carbons (Fsp3) is 0.368. The molecule has 2 aliphatic rings. The standard InChI is InChI=1S/C38H39F3N6O8/c1-53-31-15-12-26(22-32(31)54-2)21-30-35(49)45(18-7-6-11-25-9-4-3-5-10-25)36(55-37(50)38(39,40)41)33-44(19-8-17-43-20-16-42-24-43)29-14-13-27(47(51)52)23-28(29)34(48)46(30)33/h3-5,9-10,12-16,20,22-24,30,33,36H,6-8,11,17-19,21H2,1-2H3/t30-,33?,36?/m0/s1. The maximum atomic E-state index is 14.7. The summed E-state index contributed by atoms with van der Waals surface area (Å²) in [6.07, 6.45) is -2.16. The Balaban J connectivity index is 1.46. The van der Waals surface area contributed by atoms with Gasteiger partial charge in [0.15, 0.2) is 17.7 Å². The number of fused-ring (bicyclic) bond motifs is 2. The molecule has 3 aromatic carbocycles. The second kappa shape index (κ2) is 16.5. The van der Waals surface area contributed by atoms with Gasteiger partial charge in [0.1, 0.15) is 6.04 Å². The normalized spacial score (nSPS) is 18.1. The maximum Gasteiger partial charge on any atom is 0.491 e. The van der Waals surface area contributed by atoms with Gasteiger partial charge in [0, 0.05) is 50.6 Å². The van der Waals surface area contributed by atoms with Crippen molar-refractivity contribution >= 4 is 29.2 Å². The van der Waals surface area contributed by atoms with Gasteiger partial charge < -0.3 is 33.5 Å². The van der Waals surface area contributed by atoms with Crippen LogP contribution in [0.4, 0.5) is 24.5 Å². The second-order valence-corrected chi connectivity index (χ2v) is 13.1. The van der Waals surface area contributed by atoms with Crippen LogP contribution in [0.3, 0.4) is 0 Å². The Kier molecular flexibility index (Phi) is 11.6. The number of anilines is 1. The van der Waals surface area contributed by atoms with Crippen molar-refractivity contribution in [3.05, 3.63) is 112 Å². The number of esters is 1. The third kappa shape index (κ3) is 8.34. The van der Waals surface area contributed by atoms with E-state index in [0.29, 0.717) is 49.3 Å².